The summed E-state index contributed by atoms with van der Waals surface area (Å²) < 4.78 is 5.41. The summed E-state index contributed by atoms with van der Waals surface area (Å²) in [4.78, 5) is 31.2. The van der Waals surface area contributed by atoms with E-state index >= 15 is 0 Å². The molecule has 1 aromatic heterocycles. The molecule has 0 saturated carbocycles. The fourth-order valence-corrected chi connectivity index (χ4v) is 3.73. The van der Waals surface area contributed by atoms with Gasteiger partial charge in [0.2, 0.25) is 17.6 Å². The second-order valence-corrected chi connectivity index (χ2v) is 8.57. The van der Waals surface area contributed by atoms with Gasteiger partial charge in [-0.2, -0.15) is 4.98 Å². The van der Waals surface area contributed by atoms with Gasteiger partial charge in [0.05, 0.1) is 5.92 Å². The standard InChI is InChI=1S/C25H28N4O3/c1-4-16(2)14-29-15-20(13-22(29)30)24(31)26-21-11-9-19(10-12-21)25-27-23(28-32-25)18-7-5-17(3)6-8-18/h5-12,16,20H,4,13-15H2,1-3H3,(H,26,31). The third kappa shape index (κ3) is 4.88. The molecular weight excluding hydrogens is 404 g/mol. The van der Waals surface area contributed by atoms with Crippen LogP contribution in [-0.2, 0) is 9.59 Å². The Morgan fingerprint density at radius 1 is 1.16 bits per heavy atom. The molecule has 0 radical (unpaired) electrons. The molecule has 32 heavy (non-hydrogen) atoms. The molecule has 7 heteroatoms. The largest absolute Gasteiger partial charge is 0.342 e. The molecule has 2 unspecified atom stereocenters. The number of carbonyl (C=O) groups excluding carboxylic acids is 2. The van der Waals surface area contributed by atoms with Gasteiger partial charge in [0, 0.05) is 36.3 Å². The first-order valence-corrected chi connectivity index (χ1v) is 11.0. The zero-order valence-corrected chi connectivity index (χ0v) is 18.7. The van der Waals surface area contributed by atoms with E-state index < -0.39 is 0 Å². The Kier molecular flexibility index (Phi) is 6.35. The molecule has 3 aromatic rings. The number of anilines is 1. The van der Waals surface area contributed by atoms with Crippen LogP contribution in [0.5, 0.6) is 0 Å². The number of amides is 2. The van der Waals surface area contributed by atoms with E-state index in [4.69, 9.17) is 4.52 Å². The fourth-order valence-electron chi connectivity index (χ4n) is 3.73. The summed E-state index contributed by atoms with van der Waals surface area (Å²) in [6, 6.07) is 15.2. The summed E-state index contributed by atoms with van der Waals surface area (Å²) in [5, 5.41) is 6.99. The number of likely N-dealkylation sites (tertiary alicyclic amines) is 1. The summed E-state index contributed by atoms with van der Waals surface area (Å²) in [6.07, 6.45) is 1.28. The van der Waals surface area contributed by atoms with Crippen molar-refractivity contribution in [3.63, 3.8) is 0 Å². The Hall–Kier alpha value is -3.48. The Morgan fingerprint density at radius 3 is 2.53 bits per heavy atom. The fraction of sp³-hybridized carbons (Fsp3) is 0.360. The normalized spacial score (nSPS) is 16.9. The number of nitrogens with one attached hydrogen (secondary N) is 1. The van der Waals surface area contributed by atoms with Crippen LogP contribution in [0.1, 0.15) is 32.3 Å². The summed E-state index contributed by atoms with van der Waals surface area (Å²) in [5.74, 6) is 0.994. The second-order valence-electron chi connectivity index (χ2n) is 8.57. The quantitative estimate of drug-likeness (QED) is 0.592. The van der Waals surface area contributed by atoms with Gasteiger partial charge in [-0.1, -0.05) is 55.3 Å². The van der Waals surface area contributed by atoms with Gasteiger partial charge in [-0.15, -0.1) is 0 Å². The van der Waals surface area contributed by atoms with Gasteiger partial charge in [-0.25, -0.2) is 0 Å². The number of rotatable bonds is 7. The van der Waals surface area contributed by atoms with Crippen LogP contribution in [0.15, 0.2) is 53.1 Å². The number of aromatic nitrogens is 2. The Labute approximate surface area is 187 Å². The van der Waals surface area contributed by atoms with Crippen molar-refractivity contribution < 1.29 is 14.1 Å². The van der Waals surface area contributed by atoms with Crippen molar-refractivity contribution >= 4 is 17.5 Å². The van der Waals surface area contributed by atoms with Gasteiger partial charge in [0.15, 0.2) is 0 Å². The third-order valence-corrected chi connectivity index (χ3v) is 5.95. The molecular formula is C25H28N4O3. The number of aryl methyl sites for hydroxylation is 1. The highest BCUT2D eigenvalue weighted by Gasteiger charge is 2.34. The second kappa shape index (κ2) is 9.34. The van der Waals surface area contributed by atoms with Gasteiger partial charge < -0.3 is 14.7 Å². The van der Waals surface area contributed by atoms with Crippen molar-refractivity contribution in [2.24, 2.45) is 11.8 Å². The van der Waals surface area contributed by atoms with E-state index in [2.05, 4.69) is 29.3 Å². The van der Waals surface area contributed by atoms with E-state index in [1.807, 2.05) is 48.2 Å². The van der Waals surface area contributed by atoms with Crippen LogP contribution in [0.2, 0.25) is 0 Å². The number of benzene rings is 2. The molecule has 2 amide bonds. The highest BCUT2D eigenvalue weighted by molar-refractivity contribution is 5.97. The zero-order valence-electron chi connectivity index (χ0n) is 18.7. The van der Waals surface area contributed by atoms with Gasteiger partial charge in [0.1, 0.15) is 0 Å². The molecule has 0 bridgehead atoms. The highest BCUT2D eigenvalue weighted by Crippen LogP contribution is 2.25. The molecule has 2 aromatic carbocycles. The average molecular weight is 433 g/mol. The highest BCUT2D eigenvalue weighted by atomic mass is 16.5. The van der Waals surface area contributed by atoms with E-state index in [0.717, 1.165) is 17.5 Å². The summed E-state index contributed by atoms with van der Waals surface area (Å²) in [5.41, 5.74) is 3.50. The van der Waals surface area contributed by atoms with E-state index in [0.29, 0.717) is 36.4 Å². The van der Waals surface area contributed by atoms with Crippen molar-refractivity contribution in [2.75, 3.05) is 18.4 Å². The molecule has 7 nitrogen and oxygen atoms in total. The van der Waals surface area contributed by atoms with Crippen molar-refractivity contribution in [1.29, 1.82) is 0 Å². The molecule has 4 rings (SSSR count). The van der Waals surface area contributed by atoms with Gasteiger partial charge in [-0.3, -0.25) is 9.59 Å². The number of nitrogens with zero attached hydrogens (tertiary/aromatic N) is 3. The van der Waals surface area contributed by atoms with Crippen LogP contribution in [-0.4, -0.2) is 39.9 Å². The van der Waals surface area contributed by atoms with Gasteiger partial charge in [0.25, 0.3) is 5.89 Å². The van der Waals surface area contributed by atoms with E-state index in [-0.39, 0.29) is 24.2 Å². The first kappa shape index (κ1) is 21.7. The Balaban J connectivity index is 1.38. The molecule has 1 saturated heterocycles. The Bertz CT molecular complexity index is 1090. The average Bonchev–Trinajstić information content (AvgIpc) is 3.42. The lowest BCUT2D eigenvalue weighted by Crippen LogP contribution is -2.31. The number of hydrogen-bond acceptors (Lipinski definition) is 5. The van der Waals surface area contributed by atoms with Gasteiger partial charge >= 0.3 is 0 Å². The smallest absolute Gasteiger partial charge is 0.258 e. The van der Waals surface area contributed by atoms with Crippen LogP contribution in [0.25, 0.3) is 22.8 Å². The molecule has 2 heterocycles. The van der Waals surface area contributed by atoms with Crippen LogP contribution in [0.4, 0.5) is 5.69 Å². The number of hydrogen-bond donors (Lipinski definition) is 1. The maximum absolute atomic E-state index is 12.7. The van der Waals surface area contributed by atoms with Crippen molar-refractivity contribution in [2.45, 2.75) is 33.6 Å². The monoisotopic (exact) mass is 432 g/mol. The van der Waals surface area contributed by atoms with Crippen LogP contribution >= 0.6 is 0 Å². The molecule has 1 aliphatic rings. The minimum atomic E-state index is -0.320. The molecule has 1 fully saturated rings. The SMILES string of the molecule is CCC(C)CN1CC(C(=O)Nc2ccc(-c3nc(-c4ccc(C)cc4)no3)cc2)CC1=O. The molecule has 0 spiro atoms. The lowest BCUT2D eigenvalue weighted by molar-refractivity contribution is -0.128. The van der Waals surface area contributed by atoms with Crippen LogP contribution in [0.3, 0.4) is 0 Å². The maximum Gasteiger partial charge on any atom is 0.258 e. The van der Waals surface area contributed by atoms with Crippen LogP contribution in [0, 0.1) is 18.8 Å². The molecule has 166 valence electrons. The predicted octanol–water partition coefficient (Wildman–Crippen LogP) is 4.55. The predicted molar refractivity (Wildman–Crippen MR) is 123 cm³/mol. The minimum Gasteiger partial charge on any atom is -0.342 e. The van der Waals surface area contributed by atoms with Gasteiger partial charge in [-0.05, 0) is 37.1 Å². The van der Waals surface area contributed by atoms with Crippen molar-refractivity contribution in [1.82, 2.24) is 15.0 Å². The Morgan fingerprint density at radius 2 is 1.84 bits per heavy atom. The maximum atomic E-state index is 12.7. The molecule has 0 aliphatic carbocycles. The lowest BCUT2D eigenvalue weighted by atomic mass is 10.1. The van der Waals surface area contributed by atoms with Crippen LogP contribution < -0.4 is 5.32 Å². The summed E-state index contributed by atoms with van der Waals surface area (Å²) in [6.45, 7) is 7.45. The summed E-state index contributed by atoms with van der Waals surface area (Å²) >= 11 is 0. The zero-order chi connectivity index (χ0) is 22.7. The lowest BCUT2D eigenvalue weighted by Gasteiger charge is -2.20. The molecule has 1 N–H and O–H groups in total. The molecule has 1 aliphatic heterocycles. The third-order valence-electron chi connectivity index (χ3n) is 5.95. The van der Waals surface area contributed by atoms with E-state index in [9.17, 15) is 9.59 Å². The van der Waals surface area contributed by atoms with E-state index in [1.165, 1.54) is 5.56 Å². The van der Waals surface area contributed by atoms with Crippen molar-refractivity contribution in [3.8, 4) is 22.8 Å². The first-order valence-electron chi connectivity index (χ1n) is 11.0. The topological polar surface area (TPSA) is 88.3 Å². The number of carbonyl (C=O) groups is 2. The molecule has 2 atom stereocenters. The van der Waals surface area contributed by atoms with E-state index in [1.54, 1.807) is 12.1 Å². The first-order chi connectivity index (χ1) is 15.4. The summed E-state index contributed by atoms with van der Waals surface area (Å²) in [7, 11) is 0. The minimum absolute atomic E-state index is 0.0570. The van der Waals surface area contributed by atoms with Crippen molar-refractivity contribution in [3.05, 3.63) is 54.1 Å².